The minimum absolute atomic E-state index is 0.906. The lowest BCUT2D eigenvalue weighted by Crippen LogP contribution is -2.19. The maximum absolute atomic E-state index is 5.39. The molecule has 4 rings (SSSR count). The van der Waals surface area contributed by atoms with E-state index in [1.165, 1.54) is 26.3 Å². The van der Waals surface area contributed by atoms with E-state index in [0.29, 0.717) is 0 Å². The molecule has 0 atom stereocenters. The molecule has 1 aromatic carbocycles. The van der Waals surface area contributed by atoms with Crippen LogP contribution in [0.15, 0.2) is 34.2 Å². The number of allylic oxidation sites excluding steroid dienone is 1. The van der Waals surface area contributed by atoms with Gasteiger partial charge in [0.15, 0.2) is 10.2 Å². The SMILES string of the molecule is COc1cc2cccc(C3=C(C)SC4=NCCN43)c2s1. The summed E-state index contributed by atoms with van der Waals surface area (Å²) in [7, 11) is 1.73. The largest absolute Gasteiger partial charge is 0.487 e. The monoisotopic (exact) mass is 302 g/mol. The number of hydrogen-bond acceptors (Lipinski definition) is 5. The van der Waals surface area contributed by atoms with E-state index in [0.717, 1.165) is 23.3 Å². The van der Waals surface area contributed by atoms with Crippen LogP contribution in [0.4, 0.5) is 0 Å². The van der Waals surface area contributed by atoms with Crippen LogP contribution in [0.25, 0.3) is 15.8 Å². The van der Waals surface area contributed by atoms with Crippen molar-refractivity contribution in [3.8, 4) is 5.06 Å². The normalized spacial score (nSPS) is 17.9. The van der Waals surface area contributed by atoms with Crippen molar-refractivity contribution in [1.82, 2.24) is 4.90 Å². The van der Waals surface area contributed by atoms with Crippen LogP contribution in [0.2, 0.25) is 0 Å². The number of thiophene rings is 1. The van der Waals surface area contributed by atoms with Crippen LogP contribution in [0.1, 0.15) is 12.5 Å². The molecule has 0 aliphatic carbocycles. The van der Waals surface area contributed by atoms with Crippen molar-refractivity contribution >= 4 is 44.0 Å². The standard InChI is InChI=1S/C15H14N2OS2/c1-9-13(17-7-6-16-15(17)19-9)11-5-3-4-10-8-12(18-2)20-14(10)11/h3-5,8H,6-7H2,1-2H3. The van der Waals surface area contributed by atoms with Crippen LogP contribution >= 0.6 is 23.1 Å². The van der Waals surface area contributed by atoms with Crippen LogP contribution in [0.5, 0.6) is 5.06 Å². The maximum Gasteiger partial charge on any atom is 0.174 e. The molecule has 0 radical (unpaired) electrons. The predicted octanol–water partition coefficient (Wildman–Crippen LogP) is 4.02. The number of aliphatic imine (C=N–C) groups is 1. The zero-order valence-corrected chi connectivity index (χ0v) is 13.0. The first-order valence-electron chi connectivity index (χ1n) is 6.55. The van der Waals surface area contributed by atoms with Gasteiger partial charge >= 0.3 is 0 Å². The van der Waals surface area contributed by atoms with Gasteiger partial charge in [0.05, 0.1) is 19.4 Å². The van der Waals surface area contributed by atoms with Gasteiger partial charge in [0, 0.05) is 21.7 Å². The van der Waals surface area contributed by atoms with Gasteiger partial charge in [0.2, 0.25) is 0 Å². The summed E-state index contributed by atoms with van der Waals surface area (Å²) in [5.74, 6) is 0. The van der Waals surface area contributed by atoms with E-state index >= 15 is 0 Å². The van der Waals surface area contributed by atoms with Gasteiger partial charge in [-0.15, -0.1) is 0 Å². The molecule has 0 amide bonds. The smallest absolute Gasteiger partial charge is 0.174 e. The summed E-state index contributed by atoms with van der Waals surface area (Å²) in [5, 5.41) is 3.36. The van der Waals surface area contributed by atoms with Crippen LogP contribution < -0.4 is 4.74 Å². The minimum Gasteiger partial charge on any atom is -0.487 e. The average Bonchev–Trinajstić information content (AvgIpc) is 3.11. The Balaban J connectivity index is 1.92. The fraction of sp³-hybridized carbons (Fsp3) is 0.267. The van der Waals surface area contributed by atoms with Crippen molar-refractivity contribution in [2.75, 3.05) is 20.2 Å². The highest BCUT2D eigenvalue weighted by Gasteiger charge is 2.31. The summed E-state index contributed by atoms with van der Waals surface area (Å²) in [5.41, 5.74) is 2.62. The molecule has 2 aliphatic heterocycles. The van der Waals surface area contributed by atoms with Crippen LogP contribution in [0.3, 0.4) is 0 Å². The van der Waals surface area contributed by atoms with Gasteiger partial charge in [-0.1, -0.05) is 41.3 Å². The van der Waals surface area contributed by atoms with Crippen molar-refractivity contribution < 1.29 is 4.74 Å². The Hall–Kier alpha value is -1.46. The molecule has 1 aromatic heterocycles. The highest BCUT2D eigenvalue weighted by molar-refractivity contribution is 8.17. The second kappa shape index (κ2) is 4.53. The molecule has 0 saturated heterocycles. The Morgan fingerprint density at radius 2 is 2.25 bits per heavy atom. The third-order valence-electron chi connectivity index (χ3n) is 3.63. The quantitative estimate of drug-likeness (QED) is 0.837. The number of nitrogens with zero attached hydrogens (tertiary/aromatic N) is 2. The lowest BCUT2D eigenvalue weighted by molar-refractivity contribution is 0.427. The highest BCUT2D eigenvalue weighted by atomic mass is 32.2. The van der Waals surface area contributed by atoms with Gasteiger partial charge in [-0.3, -0.25) is 4.99 Å². The minimum atomic E-state index is 0.906. The number of methoxy groups -OCH3 is 1. The summed E-state index contributed by atoms with van der Waals surface area (Å²) in [6.45, 7) is 4.08. The molecule has 2 aliphatic rings. The number of benzene rings is 1. The van der Waals surface area contributed by atoms with Crippen molar-refractivity contribution in [3.05, 3.63) is 34.7 Å². The summed E-state index contributed by atoms with van der Waals surface area (Å²) in [6, 6.07) is 8.59. The van der Waals surface area contributed by atoms with Crippen LogP contribution in [-0.2, 0) is 0 Å². The Labute approximate surface area is 125 Å². The molecule has 3 nitrogen and oxygen atoms in total. The summed E-state index contributed by atoms with van der Waals surface area (Å²) in [4.78, 5) is 8.25. The molecule has 0 spiro atoms. The molecular weight excluding hydrogens is 288 g/mol. The molecule has 2 aromatic rings. The molecule has 0 fully saturated rings. The zero-order valence-electron chi connectivity index (χ0n) is 11.3. The molecule has 0 saturated carbocycles. The van der Waals surface area contributed by atoms with Crippen molar-refractivity contribution in [2.24, 2.45) is 4.99 Å². The van der Waals surface area contributed by atoms with Gasteiger partial charge in [-0.05, 0) is 18.4 Å². The Kier molecular flexibility index (Phi) is 2.79. The lowest BCUT2D eigenvalue weighted by atomic mass is 10.1. The van der Waals surface area contributed by atoms with Gasteiger partial charge < -0.3 is 9.64 Å². The second-order valence-corrected chi connectivity index (χ2v) is 7.01. The van der Waals surface area contributed by atoms with E-state index in [1.54, 1.807) is 30.2 Å². The molecule has 0 bridgehead atoms. The zero-order chi connectivity index (χ0) is 13.7. The first-order chi connectivity index (χ1) is 9.78. The molecule has 20 heavy (non-hydrogen) atoms. The number of rotatable bonds is 2. The third-order valence-corrected chi connectivity index (χ3v) is 5.80. The maximum atomic E-state index is 5.39. The fourth-order valence-electron chi connectivity index (χ4n) is 2.76. The summed E-state index contributed by atoms with van der Waals surface area (Å²) < 4.78 is 6.69. The predicted molar refractivity (Wildman–Crippen MR) is 87.6 cm³/mol. The number of ether oxygens (including phenoxy) is 1. The van der Waals surface area contributed by atoms with Gasteiger partial charge in [-0.25, -0.2) is 0 Å². The van der Waals surface area contributed by atoms with E-state index < -0.39 is 0 Å². The van der Waals surface area contributed by atoms with Crippen molar-refractivity contribution in [3.63, 3.8) is 0 Å². The van der Waals surface area contributed by atoms with Crippen molar-refractivity contribution in [1.29, 1.82) is 0 Å². The number of fused-ring (bicyclic) bond motifs is 2. The van der Waals surface area contributed by atoms with E-state index in [9.17, 15) is 0 Å². The number of amidine groups is 1. The lowest BCUT2D eigenvalue weighted by Gasteiger charge is -2.17. The molecule has 3 heterocycles. The number of thioether (sulfide) groups is 1. The Bertz CT molecular complexity index is 760. The van der Waals surface area contributed by atoms with E-state index in [2.05, 4.69) is 41.1 Å². The van der Waals surface area contributed by atoms with E-state index in [1.807, 2.05) is 0 Å². The second-order valence-electron chi connectivity index (χ2n) is 4.82. The van der Waals surface area contributed by atoms with Crippen LogP contribution in [0, 0.1) is 0 Å². The van der Waals surface area contributed by atoms with Gasteiger partial charge in [0.1, 0.15) is 0 Å². The summed E-state index contributed by atoms with van der Waals surface area (Å²) in [6.07, 6.45) is 0. The first-order valence-corrected chi connectivity index (χ1v) is 8.19. The van der Waals surface area contributed by atoms with Crippen LogP contribution in [-0.4, -0.2) is 30.3 Å². The number of hydrogen-bond donors (Lipinski definition) is 0. The molecule has 0 unspecified atom stereocenters. The average molecular weight is 302 g/mol. The summed E-state index contributed by atoms with van der Waals surface area (Å²) >= 11 is 3.50. The molecular formula is C15H14N2OS2. The molecule has 0 N–H and O–H groups in total. The van der Waals surface area contributed by atoms with E-state index in [-0.39, 0.29) is 0 Å². The molecule has 102 valence electrons. The fourth-order valence-corrected chi connectivity index (χ4v) is 4.79. The first kappa shape index (κ1) is 12.3. The molecule has 5 heteroatoms. The Morgan fingerprint density at radius 3 is 3.10 bits per heavy atom. The van der Waals surface area contributed by atoms with Crippen molar-refractivity contribution in [2.45, 2.75) is 6.92 Å². The highest BCUT2D eigenvalue weighted by Crippen LogP contribution is 2.45. The topological polar surface area (TPSA) is 24.8 Å². The Morgan fingerprint density at radius 1 is 1.35 bits per heavy atom. The van der Waals surface area contributed by atoms with Gasteiger partial charge in [-0.2, -0.15) is 0 Å². The third kappa shape index (κ3) is 1.70. The van der Waals surface area contributed by atoms with Gasteiger partial charge in [0.25, 0.3) is 0 Å². The van der Waals surface area contributed by atoms with E-state index in [4.69, 9.17) is 4.74 Å².